The molecule has 1 nitrogen and oxygen atoms in total. The van der Waals surface area contributed by atoms with Gasteiger partial charge < -0.3 is 4.74 Å². The van der Waals surface area contributed by atoms with E-state index in [1.807, 2.05) is 18.2 Å². The van der Waals surface area contributed by atoms with Gasteiger partial charge in [0.05, 0.1) is 6.61 Å². The van der Waals surface area contributed by atoms with Crippen LogP contribution in [-0.4, -0.2) is 13.2 Å². The van der Waals surface area contributed by atoms with E-state index in [1.54, 1.807) is 0 Å². The summed E-state index contributed by atoms with van der Waals surface area (Å²) in [6.07, 6.45) is 6.07. The average molecular weight is 268 g/mol. The first-order valence-electron chi connectivity index (χ1n) is 5.12. The first-order valence-corrected chi connectivity index (χ1v) is 5.91. The maximum absolute atomic E-state index is 5.38. The minimum Gasteiger partial charge on any atom is -0.377 e. The molecule has 0 amide bonds. The topological polar surface area (TPSA) is 9.23 Å². The van der Waals surface area contributed by atoms with Gasteiger partial charge in [0.15, 0.2) is 0 Å². The quantitative estimate of drug-likeness (QED) is 0.706. The zero-order valence-electron chi connectivity index (χ0n) is 8.79. The fourth-order valence-electron chi connectivity index (χ4n) is 1.11. The highest BCUT2D eigenvalue weighted by Crippen LogP contribution is 2.11. The van der Waals surface area contributed by atoms with Crippen molar-refractivity contribution in [2.45, 2.75) is 12.8 Å². The number of ether oxygens (including phenoxy) is 1. The van der Waals surface area contributed by atoms with Gasteiger partial charge in [0.25, 0.3) is 0 Å². The van der Waals surface area contributed by atoms with Crippen molar-refractivity contribution in [3.8, 4) is 0 Å². The van der Waals surface area contributed by atoms with Crippen molar-refractivity contribution in [1.29, 1.82) is 0 Å². The Morgan fingerprint density at radius 3 is 2.67 bits per heavy atom. The lowest BCUT2D eigenvalue weighted by molar-refractivity contribution is 0.160. The van der Waals surface area contributed by atoms with Gasteiger partial charge in [-0.3, -0.25) is 0 Å². The normalized spacial score (nSPS) is 11.1. The van der Waals surface area contributed by atoms with Crippen LogP contribution in [0.1, 0.15) is 18.4 Å². The molecule has 0 atom stereocenters. The van der Waals surface area contributed by atoms with Crippen LogP contribution in [0.4, 0.5) is 0 Å². The summed E-state index contributed by atoms with van der Waals surface area (Å²) in [4.78, 5) is 0. The molecule has 1 aromatic rings. The van der Waals surface area contributed by atoms with Crippen LogP contribution in [0.5, 0.6) is 0 Å². The van der Waals surface area contributed by atoms with Crippen molar-refractivity contribution >= 4 is 22.0 Å². The molecule has 81 valence electrons. The van der Waals surface area contributed by atoms with Crippen molar-refractivity contribution in [3.05, 3.63) is 47.3 Å². The van der Waals surface area contributed by atoms with Gasteiger partial charge in [-0.05, 0) is 24.1 Å². The number of unbranched alkanes of at least 4 members (excludes halogenated alkanes) is 1. The standard InChI is InChI=1S/C13H16BrO/c1-2-3-10-15-11-4-5-12-6-8-13(14)9-7-12/h4-9H,1-3,10-11H2/b5-4+. The maximum Gasteiger partial charge on any atom is 0.0650 e. The molecule has 0 spiro atoms. The van der Waals surface area contributed by atoms with Crippen molar-refractivity contribution in [3.63, 3.8) is 0 Å². The molecule has 1 radical (unpaired) electrons. The van der Waals surface area contributed by atoms with Crippen LogP contribution in [0.2, 0.25) is 0 Å². The summed E-state index contributed by atoms with van der Waals surface area (Å²) in [5.74, 6) is 0. The van der Waals surface area contributed by atoms with Gasteiger partial charge >= 0.3 is 0 Å². The van der Waals surface area contributed by atoms with Crippen LogP contribution in [0.3, 0.4) is 0 Å². The van der Waals surface area contributed by atoms with Crippen LogP contribution in [0.25, 0.3) is 6.08 Å². The molecule has 2 heteroatoms. The smallest absolute Gasteiger partial charge is 0.0650 e. The summed E-state index contributed by atoms with van der Waals surface area (Å²) in [5.41, 5.74) is 1.19. The summed E-state index contributed by atoms with van der Waals surface area (Å²) >= 11 is 3.40. The number of benzene rings is 1. The van der Waals surface area contributed by atoms with Gasteiger partial charge in [0.1, 0.15) is 0 Å². The van der Waals surface area contributed by atoms with E-state index in [9.17, 15) is 0 Å². The van der Waals surface area contributed by atoms with E-state index in [1.165, 1.54) is 5.56 Å². The third-order valence-electron chi connectivity index (χ3n) is 1.93. The Morgan fingerprint density at radius 1 is 1.27 bits per heavy atom. The molecule has 0 saturated heterocycles. The molecule has 0 fully saturated rings. The Balaban J connectivity index is 2.23. The monoisotopic (exact) mass is 267 g/mol. The highest BCUT2D eigenvalue weighted by atomic mass is 79.9. The molecule has 0 bridgehead atoms. The number of hydrogen-bond acceptors (Lipinski definition) is 1. The summed E-state index contributed by atoms with van der Waals surface area (Å²) in [6.45, 7) is 5.23. The van der Waals surface area contributed by atoms with Crippen LogP contribution in [0, 0.1) is 6.92 Å². The van der Waals surface area contributed by atoms with Crippen LogP contribution < -0.4 is 0 Å². The summed E-state index contributed by atoms with van der Waals surface area (Å²) in [6, 6.07) is 8.19. The lowest BCUT2D eigenvalue weighted by atomic mass is 10.2. The second kappa shape index (κ2) is 7.66. The van der Waals surface area contributed by atoms with Gasteiger partial charge in [-0.15, -0.1) is 0 Å². The summed E-state index contributed by atoms with van der Waals surface area (Å²) in [7, 11) is 0. The lowest BCUT2D eigenvalue weighted by Crippen LogP contribution is -1.92. The second-order valence-corrected chi connectivity index (χ2v) is 4.15. The molecule has 15 heavy (non-hydrogen) atoms. The van der Waals surface area contributed by atoms with E-state index in [2.05, 4.69) is 41.1 Å². The van der Waals surface area contributed by atoms with Crippen molar-refractivity contribution in [2.75, 3.05) is 13.2 Å². The fourth-order valence-corrected chi connectivity index (χ4v) is 1.38. The van der Waals surface area contributed by atoms with Gasteiger partial charge in [-0.2, -0.15) is 0 Å². The zero-order chi connectivity index (χ0) is 10.9. The number of hydrogen-bond donors (Lipinski definition) is 0. The molecule has 0 N–H and O–H groups in total. The molecule has 0 aromatic heterocycles. The number of halogens is 1. The van der Waals surface area contributed by atoms with Gasteiger partial charge in [0.2, 0.25) is 0 Å². The van der Waals surface area contributed by atoms with E-state index >= 15 is 0 Å². The second-order valence-electron chi connectivity index (χ2n) is 3.24. The zero-order valence-corrected chi connectivity index (χ0v) is 10.4. The molecule has 0 aliphatic rings. The SMILES string of the molecule is [CH2]CCCOC/C=C/c1ccc(Br)cc1. The Morgan fingerprint density at radius 2 is 2.00 bits per heavy atom. The predicted octanol–water partition coefficient (Wildman–Crippen LogP) is 4.09. The van der Waals surface area contributed by atoms with Crippen LogP contribution in [-0.2, 0) is 4.74 Å². The Kier molecular flexibility index (Phi) is 6.37. The first-order chi connectivity index (χ1) is 7.33. The minimum atomic E-state index is 0.677. The Hall–Kier alpha value is -0.600. The third-order valence-corrected chi connectivity index (χ3v) is 2.46. The lowest BCUT2D eigenvalue weighted by Gasteiger charge is -1.98. The van der Waals surface area contributed by atoms with E-state index in [0.29, 0.717) is 6.61 Å². The third kappa shape index (κ3) is 5.75. The summed E-state index contributed by atoms with van der Waals surface area (Å²) in [5, 5.41) is 0. The largest absolute Gasteiger partial charge is 0.377 e. The van der Waals surface area contributed by atoms with E-state index < -0.39 is 0 Å². The van der Waals surface area contributed by atoms with Crippen molar-refractivity contribution in [1.82, 2.24) is 0 Å². The summed E-state index contributed by atoms with van der Waals surface area (Å²) < 4.78 is 6.49. The van der Waals surface area contributed by atoms with Crippen molar-refractivity contribution in [2.24, 2.45) is 0 Å². The predicted molar refractivity (Wildman–Crippen MR) is 68.6 cm³/mol. The molecule has 0 aliphatic heterocycles. The van der Waals surface area contributed by atoms with Gasteiger partial charge in [-0.1, -0.05) is 53.6 Å². The highest BCUT2D eigenvalue weighted by Gasteiger charge is 1.87. The molecule has 0 aliphatic carbocycles. The molecule has 0 saturated carbocycles. The van der Waals surface area contributed by atoms with Crippen molar-refractivity contribution < 1.29 is 4.74 Å². The van der Waals surface area contributed by atoms with Gasteiger partial charge in [-0.25, -0.2) is 0 Å². The highest BCUT2D eigenvalue weighted by molar-refractivity contribution is 9.10. The Labute approximate surface area is 100 Å². The van der Waals surface area contributed by atoms with Crippen LogP contribution >= 0.6 is 15.9 Å². The van der Waals surface area contributed by atoms with Crippen LogP contribution in [0.15, 0.2) is 34.8 Å². The average Bonchev–Trinajstić information content (AvgIpc) is 2.26. The molecular formula is C13H16BrO. The van der Waals surface area contributed by atoms with E-state index in [4.69, 9.17) is 4.74 Å². The first kappa shape index (κ1) is 12.5. The molecule has 0 heterocycles. The molecule has 1 rings (SSSR count). The fraction of sp³-hybridized carbons (Fsp3) is 0.308. The van der Waals surface area contributed by atoms with Gasteiger partial charge in [0, 0.05) is 11.1 Å². The molecule has 0 unspecified atom stereocenters. The Bertz CT molecular complexity index is 290. The maximum atomic E-state index is 5.38. The molecular weight excluding hydrogens is 252 g/mol. The number of rotatable bonds is 6. The van der Waals surface area contributed by atoms with E-state index in [-0.39, 0.29) is 0 Å². The molecule has 1 aromatic carbocycles. The van der Waals surface area contributed by atoms with E-state index in [0.717, 1.165) is 23.9 Å². The minimum absolute atomic E-state index is 0.677.